The molecule has 33 heavy (non-hydrogen) atoms. The van der Waals surface area contributed by atoms with Gasteiger partial charge >= 0.3 is 0 Å². The fourth-order valence-corrected chi connectivity index (χ4v) is 5.59. The number of nitrogens with zero attached hydrogens (tertiary/aromatic N) is 2. The molecule has 3 nitrogen and oxygen atoms in total. The number of rotatable bonds is 4. The number of thiophene rings is 1. The summed E-state index contributed by atoms with van der Waals surface area (Å²) in [4.78, 5) is 5.48. The van der Waals surface area contributed by atoms with Crippen molar-refractivity contribution >= 4 is 39.2 Å². The first-order chi connectivity index (χ1) is 16.1. The first-order valence-electron chi connectivity index (χ1n) is 10.5. The van der Waals surface area contributed by atoms with Crippen molar-refractivity contribution in [2.45, 2.75) is 19.3 Å². The topological polar surface area (TPSA) is 45.4 Å². The van der Waals surface area contributed by atoms with Crippen LogP contribution in [0.5, 0.6) is 5.75 Å². The Balaban J connectivity index is 1.70. The Hall–Kier alpha value is -3.46. The third-order valence-corrected chi connectivity index (χ3v) is 7.24. The van der Waals surface area contributed by atoms with Crippen LogP contribution in [0.4, 0.5) is 4.39 Å². The van der Waals surface area contributed by atoms with Crippen LogP contribution in [0.1, 0.15) is 34.4 Å². The molecule has 1 unspecified atom stereocenters. The van der Waals surface area contributed by atoms with E-state index in [1.54, 1.807) is 41.8 Å². The maximum atomic E-state index is 13.7. The van der Waals surface area contributed by atoms with E-state index < -0.39 is 0 Å². The fourth-order valence-electron chi connectivity index (χ4n) is 4.02. The Morgan fingerprint density at radius 2 is 1.88 bits per heavy atom. The van der Waals surface area contributed by atoms with Gasteiger partial charge in [-0.2, -0.15) is 5.26 Å². The first kappa shape index (κ1) is 21.4. The predicted octanol–water partition coefficient (Wildman–Crippen LogP) is 7.63. The van der Waals surface area contributed by atoms with Crippen LogP contribution in [0.15, 0.2) is 83.2 Å². The fraction of sp³-hybridized carbons (Fsp3) is 0.111. The molecule has 0 amide bonds. The van der Waals surface area contributed by atoms with E-state index in [0.29, 0.717) is 16.3 Å². The van der Waals surface area contributed by atoms with E-state index in [9.17, 15) is 9.65 Å². The highest BCUT2D eigenvalue weighted by atomic mass is 35.5. The van der Waals surface area contributed by atoms with Gasteiger partial charge in [0.25, 0.3) is 0 Å². The van der Waals surface area contributed by atoms with Gasteiger partial charge < -0.3 is 4.74 Å². The number of halogens is 2. The SMILES string of the molecule is CCc1cccc2c3c(sc12)C(c1ccc(F)cc1)C(C#N)=C(/N=C/c1ccc(Cl)cc1)O3. The van der Waals surface area contributed by atoms with Crippen LogP contribution >= 0.6 is 22.9 Å². The summed E-state index contributed by atoms with van der Waals surface area (Å²) >= 11 is 7.61. The van der Waals surface area contributed by atoms with E-state index in [-0.39, 0.29) is 17.6 Å². The number of hydrogen-bond acceptors (Lipinski definition) is 4. The smallest absolute Gasteiger partial charge is 0.234 e. The molecule has 1 aromatic heterocycles. The highest BCUT2D eigenvalue weighted by Crippen LogP contribution is 2.51. The second-order valence-corrected chi connectivity index (χ2v) is 9.16. The summed E-state index contributed by atoms with van der Waals surface area (Å²) in [7, 11) is 0. The number of benzene rings is 3. The maximum absolute atomic E-state index is 13.7. The van der Waals surface area contributed by atoms with Crippen molar-refractivity contribution in [2.24, 2.45) is 4.99 Å². The van der Waals surface area contributed by atoms with Crippen molar-refractivity contribution in [3.8, 4) is 11.8 Å². The van der Waals surface area contributed by atoms with Gasteiger partial charge in [-0.25, -0.2) is 9.38 Å². The summed E-state index contributed by atoms with van der Waals surface area (Å²) in [6.45, 7) is 2.12. The number of nitriles is 1. The van der Waals surface area contributed by atoms with Crippen LogP contribution in [-0.4, -0.2) is 6.21 Å². The zero-order valence-corrected chi connectivity index (χ0v) is 19.3. The van der Waals surface area contributed by atoms with Gasteiger partial charge in [0.15, 0.2) is 5.75 Å². The van der Waals surface area contributed by atoms with Crippen LogP contribution in [0.3, 0.4) is 0 Å². The molecule has 1 atom stereocenters. The van der Waals surface area contributed by atoms with E-state index in [2.05, 4.69) is 24.1 Å². The van der Waals surface area contributed by atoms with Crippen molar-refractivity contribution < 1.29 is 9.13 Å². The minimum absolute atomic E-state index is 0.246. The molecule has 0 saturated heterocycles. The zero-order chi connectivity index (χ0) is 22.9. The Morgan fingerprint density at radius 3 is 2.58 bits per heavy atom. The van der Waals surface area contributed by atoms with Gasteiger partial charge in [-0.15, -0.1) is 11.3 Å². The van der Waals surface area contributed by atoms with Crippen molar-refractivity contribution in [2.75, 3.05) is 0 Å². The van der Waals surface area contributed by atoms with E-state index in [4.69, 9.17) is 16.3 Å². The monoisotopic (exact) mass is 472 g/mol. The summed E-state index contributed by atoms with van der Waals surface area (Å²) in [5, 5.41) is 11.8. The Morgan fingerprint density at radius 1 is 1.12 bits per heavy atom. The minimum atomic E-state index is -0.390. The molecule has 5 rings (SSSR count). The molecule has 0 fully saturated rings. The summed E-state index contributed by atoms with van der Waals surface area (Å²) < 4.78 is 21.1. The standard InChI is InChI=1S/C27H18ClFN2OS/c1-2-17-4-3-5-21-24-26(33-25(17)21)23(18-8-12-20(29)13-9-18)22(14-30)27(32-24)31-15-16-6-10-19(28)11-7-16/h3-13,15,23H,2H2,1H3/b31-15+. The predicted molar refractivity (Wildman–Crippen MR) is 132 cm³/mol. The summed E-state index contributed by atoms with van der Waals surface area (Å²) in [5.74, 6) is 0.246. The van der Waals surface area contributed by atoms with Gasteiger partial charge in [0.05, 0.1) is 10.8 Å². The number of aliphatic imine (C=N–C) groups is 1. The lowest BCUT2D eigenvalue weighted by molar-refractivity contribution is 0.403. The normalized spacial score (nSPS) is 15.5. The third kappa shape index (κ3) is 3.93. The van der Waals surface area contributed by atoms with E-state index in [1.807, 2.05) is 24.3 Å². The van der Waals surface area contributed by atoms with Gasteiger partial charge in [-0.1, -0.05) is 54.9 Å². The zero-order valence-electron chi connectivity index (χ0n) is 17.7. The molecule has 4 aromatic rings. The quantitative estimate of drug-likeness (QED) is 0.286. The van der Waals surface area contributed by atoms with E-state index in [0.717, 1.165) is 32.5 Å². The Kier molecular flexibility index (Phi) is 5.72. The lowest BCUT2D eigenvalue weighted by Gasteiger charge is -2.24. The summed E-state index contributed by atoms with van der Waals surface area (Å²) in [6, 6.07) is 22.0. The summed E-state index contributed by atoms with van der Waals surface area (Å²) in [6.07, 6.45) is 2.54. The van der Waals surface area contributed by atoms with Gasteiger partial charge in [-0.3, -0.25) is 0 Å². The number of aryl methyl sites for hydroxylation is 1. The lowest BCUT2D eigenvalue weighted by Crippen LogP contribution is -2.14. The molecular formula is C27H18ClFN2OS. The number of hydrogen-bond donors (Lipinski definition) is 0. The molecule has 0 saturated carbocycles. The second kappa shape index (κ2) is 8.82. The van der Waals surface area contributed by atoms with Gasteiger partial charge in [0.1, 0.15) is 17.5 Å². The van der Waals surface area contributed by atoms with E-state index >= 15 is 0 Å². The van der Waals surface area contributed by atoms with Crippen LogP contribution in [0.25, 0.3) is 10.1 Å². The second-order valence-electron chi connectivity index (χ2n) is 7.67. The van der Waals surface area contributed by atoms with Gasteiger partial charge in [-0.05, 0) is 53.4 Å². The molecule has 162 valence electrons. The molecule has 0 bridgehead atoms. The largest absolute Gasteiger partial charge is 0.436 e. The van der Waals surface area contributed by atoms with Gasteiger partial charge in [0, 0.05) is 21.3 Å². The van der Waals surface area contributed by atoms with Gasteiger partial charge in [0.2, 0.25) is 5.88 Å². The average Bonchev–Trinajstić information content (AvgIpc) is 3.21. The van der Waals surface area contributed by atoms with Crippen LogP contribution in [0.2, 0.25) is 5.02 Å². The molecule has 0 aliphatic carbocycles. The maximum Gasteiger partial charge on any atom is 0.234 e. The summed E-state index contributed by atoms with van der Waals surface area (Å²) in [5.41, 5.74) is 3.27. The molecule has 1 aliphatic rings. The molecule has 0 spiro atoms. The molecule has 2 heterocycles. The Labute approximate surface area is 200 Å². The number of ether oxygens (including phenoxy) is 1. The highest BCUT2D eigenvalue weighted by Gasteiger charge is 2.35. The van der Waals surface area contributed by atoms with Crippen molar-refractivity contribution in [1.29, 1.82) is 5.26 Å². The van der Waals surface area contributed by atoms with Crippen LogP contribution in [-0.2, 0) is 6.42 Å². The van der Waals surface area contributed by atoms with E-state index in [1.165, 1.54) is 17.7 Å². The minimum Gasteiger partial charge on any atom is -0.436 e. The van der Waals surface area contributed by atoms with Crippen LogP contribution < -0.4 is 4.74 Å². The molecule has 0 N–H and O–H groups in total. The highest BCUT2D eigenvalue weighted by molar-refractivity contribution is 7.19. The Bertz CT molecular complexity index is 1450. The molecule has 1 aliphatic heterocycles. The number of fused-ring (bicyclic) bond motifs is 3. The average molecular weight is 473 g/mol. The molecular weight excluding hydrogens is 455 g/mol. The van der Waals surface area contributed by atoms with Crippen molar-refractivity contribution in [3.05, 3.63) is 111 Å². The van der Waals surface area contributed by atoms with Crippen molar-refractivity contribution in [1.82, 2.24) is 0 Å². The molecule has 6 heteroatoms. The van der Waals surface area contributed by atoms with Crippen LogP contribution in [0, 0.1) is 17.1 Å². The first-order valence-corrected chi connectivity index (χ1v) is 11.7. The molecule has 3 aromatic carbocycles. The number of allylic oxidation sites excluding steroid dienone is 1. The molecule has 0 radical (unpaired) electrons. The van der Waals surface area contributed by atoms with Crippen molar-refractivity contribution in [3.63, 3.8) is 0 Å². The third-order valence-electron chi connectivity index (χ3n) is 5.66. The lowest BCUT2D eigenvalue weighted by atomic mass is 9.88.